The van der Waals surface area contributed by atoms with Crippen LogP contribution in [0.1, 0.15) is 64.4 Å². The topological polar surface area (TPSA) is 48.2 Å². The van der Waals surface area contributed by atoms with Crippen LogP contribution in [0, 0.1) is 41.5 Å². The van der Waals surface area contributed by atoms with Crippen molar-refractivity contribution in [3.63, 3.8) is 0 Å². The van der Waals surface area contributed by atoms with Gasteiger partial charge in [-0.2, -0.15) is 0 Å². The molecule has 0 atom stereocenters. The van der Waals surface area contributed by atoms with Crippen molar-refractivity contribution in [2.45, 2.75) is 66.9 Å². The van der Waals surface area contributed by atoms with Crippen LogP contribution in [0.5, 0.6) is 0 Å². The number of anilines is 1. The van der Waals surface area contributed by atoms with Crippen LogP contribution in [-0.2, 0) is 26.5 Å². The van der Waals surface area contributed by atoms with Gasteiger partial charge in [0.05, 0.1) is 16.8 Å². The summed E-state index contributed by atoms with van der Waals surface area (Å²) in [5.41, 5.74) is 9.91. The quantitative estimate of drug-likeness (QED) is 0.192. The summed E-state index contributed by atoms with van der Waals surface area (Å²) < 4.78 is 11.5. The Kier molecular flexibility index (Phi) is 7.32. The van der Waals surface area contributed by atoms with Gasteiger partial charge in [-0.25, -0.2) is 0 Å². The van der Waals surface area contributed by atoms with E-state index in [1.54, 1.807) is 6.07 Å². The second-order valence-corrected chi connectivity index (χ2v) is 17.4. The number of aryl methyl sites for hydroxylation is 2. The molecule has 7 rings (SSSR count). The minimum absolute atomic E-state index is 0.154. The van der Waals surface area contributed by atoms with E-state index in [4.69, 9.17) is 39.5 Å². The maximum absolute atomic E-state index is 15.0. The van der Waals surface area contributed by atoms with Crippen LogP contribution in [0.15, 0.2) is 60.7 Å². The Morgan fingerprint density at radius 2 is 1.22 bits per heavy atom. The molecule has 1 spiro atoms. The predicted molar refractivity (Wildman–Crippen MR) is 195 cm³/mol. The van der Waals surface area contributed by atoms with E-state index in [1.807, 2.05) is 19.9 Å². The smallest absolute Gasteiger partial charge is 0.244 e. The van der Waals surface area contributed by atoms with E-state index in [1.165, 1.54) is 11.1 Å². The molecule has 3 aromatic carbocycles. The maximum Gasteiger partial charge on any atom is 0.244 e. The molecule has 0 saturated heterocycles. The number of halogens is 2. The van der Waals surface area contributed by atoms with Gasteiger partial charge < -0.3 is 19.0 Å². The van der Waals surface area contributed by atoms with Crippen LogP contribution in [0.3, 0.4) is 0 Å². The van der Waals surface area contributed by atoms with E-state index in [0.717, 1.165) is 61.4 Å². The molecule has 0 bridgehead atoms. The molecule has 46 heavy (non-hydrogen) atoms. The number of amides is 1. The molecule has 236 valence electrons. The highest BCUT2D eigenvalue weighted by atomic mass is 35.5. The normalized spacial score (nSPS) is 19.8. The third-order valence-corrected chi connectivity index (χ3v) is 14.4. The molecule has 9 heteroatoms. The van der Waals surface area contributed by atoms with Gasteiger partial charge in [-0.05, 0) is 91.8 Å². The standard InChI is InChI=1S/C37H36Cl2N3O2PS/c1-19(2)44-45(46)34-24(7)41(27-13-9-20(3)10-14-27)22(5)31(34)37(29-17-26(38)18-30(39)33(29)40-36(37)43)32-23(6)42(25(8)35(32)45)28-15-11-21(4)12-16-28/h9-19H,1-8H3,(H,40,43). The molecule has 1 N–H and O–H groups in total. The molecule has 1 amide bonds. The van der Waals surface area contributed by atoms with Crippen molar-refractivity contribution >= 4 is 63.5 Å². The van der Waals surface area contributed by atoms with E-state index in [2.05, 4.69) is 105 Å². The Balaban J connectivity index is 1.72. The van der Waals surface area contributed by atoms with Crippen LogP contribution >= 0.6 is 29.5 Å². The second kappa shape index (κ2) is 10.7. The lowest BCUT2D eigenvalue weighted by Crippen LogP contribution is -2.48. The summed E-state index contributed by atoms with van der Waals surface area (Å²) >= 11 is 20.5. The van der Waals surface area contributed by atoms with E-state index in [-0.39, 0.29) is 12.0 Å². The first-order valence-electron chi connectivity index (χ1n) is 15.4. The average molecular weight is 689 g/mol. The fraction of sp³-hybridized carbons (Fsp3) is 0.270. The highest BCUT2D eigenvalue weighted by molar-refractivity contribution is 8.19. The third-order valence-electron chi connectivity index (χ3n) is 9.54. The van der Waals surface area contributed by atoms with Gasteiger partial charge >= 0.3 is 0 Å². The summed E-state index contributed by atoms with van der Waals surface area (Å²) in [5.74, 6) is -0.173. The van der Waals surface area contributed by atoms with Gasteiger partial charge in [-0.1, -0.05) is 70.4 Å². The number of nitrogens with zero attached hydrogens (tertiary/aromatic N) is 2. The molecule has 0 aliphatic carbocycles. The molecule has 5 nitrogen and oxygen atoms in total. The molecule has 0 saturated carbocycles. The first kappa shape index (κ1) is 31.5. The summed E-state index contributed by atoms with van der Waals surface area (Å²) in [6.07, 6.45) is -3.15. The van der Waals surface area contributed by atoms with Crippen molar-refractivity contribution < 1.29 is 9.32 Å². The van der Waals surface area contributed by atoms with Crippen molar-refractivity contribution in [2.24, 2.45) is 0 Å². The molecule has 2 aliphatic heterocycles. The van der Waals surface area contributed by atoms with Crippen molar-refractivity contribution in [3.8, 4) is 11.4 Å². The molecule has 0 fully saturated rings. The molecule has 2 aromatic heterocycles. The number of hydrogen-bond donors (Lipinski definition) is 1. The maximum atomic E-state index is 15.0. The molecule has 5 aromatic rings. The first-order chi connectivity index (χ1) is 21.7. The number of carbonyl (C=O) groups excluding carboxylic acids is 1. The Morgan fingerprint density at radius 3 is 1.65 bits per heavy atom. The molecular weight excluding hydrogens is 652 g/mol. The lowest BCUT2D eigenvalue weighted by Gasteiger charge is -2.40. The van der Waals surface area contributed by atoms with Gasteiger partial charge in [0, 0.05) is 66.5 Å². The van der Waals surface area contributed by atoms with Crippen LogP contribution in [0.4, 0.5) is 5.69 Å². The van der Waals surface area contributed by atoms with Gasteiger partial charge in [0.25, 0.3) is 0 Å². The predicted octanol–water partition coefficient (Wildman–Crippen LogP) is 8.80. The SMILES string of the molecule is Cc1ccc(-n2c(C)c3c(c2C)P(=S)(OC(C)C)c2c(c(C)n(-c4ccc(C)cc4)c2C)C32C(=O)Nc3c(Cl)cc(Cl)cc32)cc1. The van der Waals surface area contributed by atoms with Crippen molar-refractivity contribution in [3.05, 3.63) is 121 Å². The highest BCUT2D eigenvalue weighted by Crippen LogP contribution is 2.63. The number of hydrogen-bond acceptors (Lipinski definition) is 3. The summed E-state index contributed by atoms with van der Waals surface area (Å²) in [6, 6.07) is 20.5. The van der Waals surface area contributed by atoms with E-state index >= 15 is 4.79 Å². The monoisotopic (exact) mass is 687 g/mol. The molecule has 2 aliphatic rings. The van der Waals surface area contributed by atoms with E-state index in [9.17, 15) is 0 Å². The summed E-state index contributed by atoms with van der Waals surface area (Å²) in [5, 5.41) is 5.91. The molecular formula is C37H36Cl2N3O2PS. The zero-order valence-electron chi connectivity index (χ0n) is 27.2. The minimum Gasteiger partial charge on any atom is -0.339 e. The van der Waals surface area contributed by atoms with Gasteiger partial charge in [0.2, 0.25) is 5.91 Å². The summed E-state index contributed by atoms with van der Waals surface area (Å²) in [4.78, 5) is 15.0. The van der Waals surface area contributed by atoms with Crippen LogP contribution in [0.25, 0.3) is 11.4 Å². The van der Waals surface area contributed by atoms with Crippen molar-refractivity contribution in [1.82, 2.24) is 9.13 Å². The van der Waals surface area contributed by atoms with Gasteiger partial charge in [-0.15, -0.1) is 0 Å². The van der Waals surface area contributed by atoms with Crippen molar-refractivity contribution in [1.29, 1.82) is 0 Å². The fourth-order valence-electron chi connectivity index (χ4n) is 7.89. The molecule has 4 heterocycles. The zero-order valence-corrected chi connectivity index (χ0v) is 30.4. The second-order valence-electron chi connectivity index (χ2n) is 12.9. The van der Waals surface area contributed by atoms with Crippen LogP contribution in [0.2, 0.25) is 10.0 Å². The number of fused-ring (bicyclic) bond motifs is 6. The van der Waals surface area contributed by atoms with Gasteiger partial charge in [-0.3, -0.25) is 4.79 Å². The van der Waals surface area contributed by atoms with Crippen molar-refractivity contribution in [2.75, 3.05) is 5.32 Å². The van der Waals surface area contributed by atoms with Crippen LogP contribution < -0.4 is 15.9 Å². The van der Waals surface area contributed by atoms with E-state index in [0.29, 0.717) is 15.7 Å². The van der Waals surface area contributed by atoms with E-state index < -0.39 is 11.7 Å². The average Bonchev–Trinajstić information content (AvgIpc) is 3.53. The number of benzene rings is 3. The molecule has 0 radical (unpaired) electrons. The summed E-state index contributed by atoms with van der Waals surface area (Å²) in [6.45, 7) is 16.6. The lowest BCUT2D eigenvalue weighted by atomic mass is 9.69. The van der Waals surface area contributed by atoms with Gasteiger partial charge in [0.15, 0.2) is 0 Å². The Hall–Kier alpha value is -3.12. The minimum atomic E-state index is -2.99. The Labute approximate surface area is 285 Å². The lowest BCUT2D eigenvalue weighted by molar-refractivity contribution is -0.118. The fourth-order valence-corrected chi connectivity index (χ4v) is 13.6. The Morgan fingerprint density at radius 1 is 0.761 bits per heavy atom. The number of aromatic nitrogens is 2. The third kappa shape index (κ3) is 4.10. The highest BCUT2D eigenvalue weighted by Gasteiger charge is 2.61. The first-order valence-corrected chi connectivity index (χ1v) is 18.9. The number of rotatable bonds is 4. The Bertz CT molecular complexity index is 2050. The number of carbonyl (C=O) groups is 1. The van der Waals surface area contributed by atoms with Gasteiger partial charge in [0.1, 0.15) is 11.7 Å². The zero-order chi connectivity index (χ0) is 33.0. The largest absolute Gasteiger partial charge is 0.339 e. The summed E-state index contributed by atoms with van der Waals surface area (Å²) in [7, 11) is 0. The number of nitrogens with one attached hydrogen (secondary N) is 1. The molecule has 0 unspecified atom stereocenters. The van der Waals surface area contributed by atoms with Crippen LogP contribution in [-0.4, -0.2) is 21.1 Å².